The Hall–Kier alpha value is -2.32. The van der Waals surface area contributed by atoms with E-state index in [1.165, 1.54) is 25.7 Å². The average molecular weight is 692 g/mol. The van der Waals surface area contributed by atoms with E-state index < -0.39 is 19.9 Å². The third-order valence-corrected chi connectivity index (χ3v) is 7.81. The predicted molar refractivity (Wildman–Crippen MR) is 201 cm³/mol. The van der Waals surface area contributed by atoms with Gasteiger partial charge in [-0.15, -0.1) is 0 Å². The molecule has 0 saturated carbocycles. The van der Waals surface area contributed by atoms with Crippen molar-refractivity contribution < 1.29 is 32.8 Å². The molecule has 0 amide bonds. The van der Waals surface area contributed by atoms with Gasteiger partial charge in [-0.2, -0.15) is 0 Å². The molecule has 0 aromatic carbocycles. The van der Waals surface area contributed by atoms with Gasteiger partial charge in [0.1, 0.15) is 6.10 Å². The SMILES string of the molecule is CC/C=C\C/C=C\C/C=C\C/C=C\C/C=C\C/C=C\C/C=C\CCCC(=O)OC(COCCCCCCCC)COP(=O)(O)OCCN. The van der Waals surface area contributed by atoms with Gasteiger partial charge in [0.15, 0.2) is 0 Å². The Morgan fingerprint density at radius 3 is 1.67 bits per heavy atom. The molecule has 8 nitrogen and oxygen atoms in total. The minimum Gasteiger partial charge on any atom is -0.457 e. The van der Waals surface area contributed by atoms with Gasteiger partial charge >= 0.3 is 13.8 Å². The lowest BCUT2D eigenvalue weighted by Gasteiger charge is -2.20. The Morgan fingerprint density at radius 2 is 1.15 bits per heavy atom. The summed E-state index contributed by atoms with van der Waals surface area (Å²) in [5.74, 6) is -0.396. The number of rotatable bonds is 33. The number of carbonyl (C=O) groups excluding carboxylic acids is 1. The second kappa shape index (κ2) is 36.0. The van der Waals surface area contributed by atoms with Crippen molar-refractivity contribution in [3.8, 4) is 0 Å². The number of unbranched alkanes of at least 4 members (excludes halogenated alkanes) is 6. The van der Waals surface area contributed by atoms with Crippen LogP contribution in [-0.4, -0.2) is 49.9 Å². The fourth-order valence-electron chi connectivity index (χ4n) is 4.22. The van der Waals surface area contributed by atoms with Gasteiger partial charge < -0.3 is 20.1 Å². The highest BCUT2D eigenvalue weighted by molar-refractivity contribution is 7.47. The van der Waals surface area contributed by atoms with Crippen molar-refractivity contribution in [3.05, 3.63) is 85.1 Å². The van der Waals surface area contributed by atoms with Crippen LogP contribution in [0.5, 0.6) is 0 Å². The summed E-state index contributed by atoms with van der Waals surface area (Å²) in [5.41, 5.74) is 5.32. The zero-order valence-corrected chi connectivity index (χ0v) is 30.8. The first-order valence-corrected chi connectivity index (χ1v) is 19.6. The summed E-state index contributed by atoms with van der Waals surface area (Å²) < 4.78 is 33.0. The molecule has 0 aliphatic rings. The average Bonchev–Trinajstić information content (AvgIpc) is 3.07. The standard InChI is InChI=1S/C39H66NO7P/c1-3-5-7-9-11-12-13-14-15-16-17-18-19-20-21-22-23-24-25-26-27-28-30-32-39(41)47-38(37-46-48(42,43)45-35-33-40)36-44-34-31-29-10-8-6-4-2/h5,7,11-12,14-15,17-18,20-21,23-24,26-27,38H,3-4,6,8-10,13,16,19,22,25,28-37,40H2,1-2H3,(H,42,43)/b7-5-,12-11-,15-14-,18-17-,21-20-,24-23-,27-26-. The van der Waals surface area contributed by atoms with Crippen LogP contribution in [0.1, 0.15) is 117 Å². The van der Waals surface area contributed by atoms with Gasteiger partial charge in [0.2, 0.25) is 0 Å². The zero-order valence-electron chi connectivity index (χ0n) is 29.9. The fourth-order valence-corrected chi connectivity index (χ4v) is 4.98. The highest BCUT2D eigenvalue weighted by Crippen LogP contribution is 2.43. The summed E-state index contributed by atoms with van der Waals surface area (Å²) in [5, 5.41) is 0. The number of hydrogen-bond donors (Lipinski definition) is 2. The summed E-state index contributed by atoms with van der Waals surface area (Å²) in [4.78, 5) is 22.2. The molecule has 274 valence electrons. The first-order valence-electron chi connectivity index (χ1n) is 18.1. The molecule has 48 heavy (non-hydrogen) atoms. The van der Waals surface area contributed by atoms with Gasteiger partial charge in [-0.1, -0.05) is 131 Å². The molecule has 0 radical (unpaired) electrons. The van der Waals surface area contributed by atoms with Gasteiger partial charge in [-0.25, -0.2) is 4.57 Å². The first-order chi connectivity index (χ1) is 23.4. The van der Waals surface area contributed by atoms with E-state index in [-0.39, 0.29) is 32.8 Å². The second-order valence-corrected chi connectivity index (χ2v) is 12.8. The summed E-state index contributed by atoms with van der Waals surface area (Å²) in [6, 6.07) is 0. The minimum absolute atomic E-state index is 0.0868. The molecule has 0 saturated heterocycles. The van der Waals surface area contributed by atoms with Crippen molar-refractivity contribution in [2.24, 2.45) is 5.73 Å². The van der Waals surface area contributed by atoms with Crippen molar-refractivity contribution in [1.29, 1.82) is 0 Å². The largest absolute Gasteiger partial charge is 0.472 e. The molecule has 0 aliphatic heterocycles. The molecule has 2 unspecified atom stereocenters. The molecule has 0 aromatic rings. The molecule has 0 aliphatic carbocycles. The lowest BCUT2D eigenvalue weighted by Crippen LogP contribution is -2.28. The van der Waals surface area contributed by atoms with E-state index in [0.717, 1.165) is 64.2 Å². The lowest BCUT2D eigenvalue weighted by molar-refractivity contribution is -0.154. The Bertz CT molecular complexity index is 1000. The molecule has 0 fully saturated rings. The van der Waals surface area contributed by atoms with Crippen LogP contribution < -0.4 is 5.73 Å². The summed E-state index contributed by atoms with van der Waals surface area (Å²) >= 11 is 0. The topological polar surface area (TPSA) is 117 Å². The molecule has 3 N–H and O–H groups in total. The number of nitrogens with two attached hydrogens (primary N) is 1. The van der Waals surface area contributed by atoms with E-state index in [4.69, 9.17) is 24.3 Å². The van der Waals surface area contributed by atoms with Gasteiger partial charge in [0.05, 0.1) is 19.8 Å². The third kappa shape index (κ3) is 35.0. The van der Waals surface area contributed by atoms with Crippen LogP contribution in [0.4, 0.5) is 0 Å². The van der Waals surface area contributed by atoms with E-state index in [2.05, 4.69) is 98.9 Å². The highest BCUT2D eigenvalue weighted by atomic mass is 31.2. The minimum atomic E-state index is -4.28. The van der Waals surface area contributed by atoms with Crippen molar-refractivity contribution >= 4 is 13.8 Å². The van der Waals surface area contributed by atoms with Crippen molar-refractivity contribution in [3.63, 3.8) is 0 Å². The van der Waals surface area contributed by atoms with Crippen LogP contribution in [0, 0.1) is 0 Å². The molecule has 0 spiro atoms. The van der Waals surface area contributed by atoms with E-state index in [0.29, 0.717) is 13.0 Å². The summed E-state index contributed by atoms with van der Waals surface area (Å²) in [6.45, 7) is 4.63. The van der Waals surface area contributed by atoms with Crippen LogP contribution in [0.25, 0.3) is 0 Å². The van der Waals surface area contributed by atoms with Crippen LogP contribution in [0.15, 0.2) is 85.1 Å². The third-order valence-electron chi connectivity index (χ3n) is 6.83. The number of esters is 1. The smallest absolute Gasteiger partial charge is 0.457 e. The predicted octanol–water partition coefficient (Wildman–Crippen LogP) is 10.2. The lowest BCUT2D eigenvalue weighted by atomic mass is 10.1. The summed E-state index contributed by atoms with van der Waals surface area (Å²) in [7, 11) is -4.28. The molecule has 9 heteroatoms. The number of ether oxygens (including phenoxy) is 2. The molecule has 0 bridgehead atoms. The summed E-state index contributed by atoms with van der Waals surface area (Å²) in [6.07, 6.45) is 44.8. The van der Waals surface area contributed by atoms with E-state index in [1.54, 1.807) is 0 Å². The first kappa shape index (κ1) is 45.7. The number of phosphoric acid groups is 1. The van der Waals surface area contributed by atoms with Gasteiger partial charge in [0.25, 0.3) is 0 Å². The molecular weight excluding hydrogens is 625 g/mol. The number of carbonyl (C=O) groups is 1. The van der Waals surface area contributed by atoms with Crippen LogP contribution in [-0.2, 0) is 27.9 Å². The maximum absolute atomic E-state index is 12.4. The van der Waals surface area contributed by atoms with Gasteiger partial charge in [-0.3, -0.25) is 13.8 Å². The number of allylic oxidation sites excluding steroid dienone is 14. The van der Waals surface area contributed by atoms with Crippen LogP contribution in [0.2, 0.25) is 0 Å². The number of phosphoric ester groups is 1. The molecular formula is C39H66NO7P. The normalized spacial score (nSPS) is 14.7. The van der Waals surface area contributed by atoms with Gasteiger partial charge in [0, 0.05) is 19.6 Å². The van der Waals surface area contributed by atoms with Crippen molar-refractivity contribution in [2.45, 2.75) is 123 Å². The fraction of sp³-hybridized carbons (Fsp3) is 0.615. The Morgan fingerprint density at radius 1 is 0.646 bits per heavy atom. The monoisotopic (exact) mass is 691 g/mol. The Labute approximate surface area is 292 Å². The molecule has 0 heterocycles. The van der Waals surface area contributed by atoms with Crippen molar-refractivity contribution in [1.82, 2.24) is 0 Å². The Kier molecular flexibility index (Phi) is 34.2. The maximum Gasteiger partial charge on any atom is 0.472 e. The molecule has 2 atom stereocenters. The van der Waals surface area contributed by atoms with E-state index in [1.807, 2.05) is 0 Å². The van der Waals surface area contributed by atoms with Gasteiger partial charge in [-0.05, 0) is 64.2 Å². The van der Waals surface area contributed by atoms with Crippen molar-refractivity contribution in [2.75, 3.05) is 33.0 Å². The highest BCUT2D eigenvalue weighted by Gasteiger charge is 2.25. The maximum atomic E-state index is 12.4. The van der Waals surface area contributed by atoms with E-state index >= 15 is 0 Å². The van der Waals surface area contributed by atoms with Crippen LogP contribution >= 0.6 is 7.82 Å². The van der Waals surface area contributed by atoms with Crippen LogP contribution in [0.3, 0.4) is 0 Å². The number of hydrogen-bond acceptors (Lipinski definition) is 7. The quantitative estimate of drug-likeness (QED) is 0.0302. The van der Waals surface area contributed by atoms with E-state index in [9.17, 15) is 14.3 Å². The molecule has 0 aromatic heterocycles. The zero-order chi connectivity index (χ0) is 35.2. The molecule has 0 rings (SSSR count). The second-order valence-electron chi connectivity index (χ2n) is 11.4. The Balaban J connectivity index is 4.16.